The van der Waals surface area contributed by atoms with E-state index in [0.29, 0.717) is 0 Å². The highest BCUT2D eigenvalue weighted by Gasteiger charge is 2.27. The molecule has 0 aromatic heterocycles. The maximum Gasteiger partial charge on any atom is 0.309 e. The lowest BCUT2D eigenvalue weighted by molar-refractivity contribution is -0.390. The van der Waals surface area contributed by atoms with E-state index >= 15 is 0 Å². The highest BCUT2D eigenvalue weighted by atomic mass is 32.2. The summed E-state index contributed by atoms with van der Waals surface area (Å²) < 4.78 is 27.8. The molecule has 0 saturated heterocycles. The number of carbonyl (C=O) groups is 1. The van der Waals surface area contributed by atoms with Gasteiger partial charge in [-0.05, 0) is 12.1 Å². The molecule has 1 aromatic rings. The van der Waals surface area contributed by atoms with Crippen molar-refractivity contribution in [2.45, 2.75) is 16.7 Å². The number of nitro groups is 1. The molecule has 116 valence electrons. The highest BCUT2D eigenvalue weighted by molar-refractivity contribution is 7.99. The first-order valence-corrected chi connectivity index (χ1v) is 8.74. The number of benzene rings is 1. The first-order valence-electron chi connectivity index (χ1n) is 5.86. The summed E-state index contributed by atoms with van der Waals surface area (Å²) in [7, 11) is -2.45. The molecule has 0 N–H and O–H groups in total. The zero-order valence-corrected chi connectivity index (χ0v) is 13.4. The number of sulfone groups is 1. The lowest BCUT2D eigenvalue weighted by Gasteiger charge is -2.10. The van der Waals surface area contributed by atoms with Crippen LogP contribution in [0.5, 0.6) is 0 Å². The number of esters is 1. The van der Waals surface area contributed by atoms with E-state index in [1.807, 2.05) is 0 Å². The Morgan fingerprint density at radius 1 is 1.48 bits per heavy atom. The maximum absolute atomic E-state index is 11.6. The van der Waals surface area contributed by atoms with Gasteiger partial charge in [0.1, 0.15) is 4.90 Å². The fraction of sp³-hybridized carbons (Fsp3) is 0.417. The SMILES string of the molecule is COC(=O)C(C)CSc1cccc(S(C)(=O)=O)c1[N+](=O)[O-]. The molecule has 1 unspecified atom stereocenters. The molecule has 21 heavy (non-hydrogen) atoms. The first-order chi connectivity index (χ1) is 9.68. The predicted molar refractivity (Wildman–Crippen MR) is 78.1 cm³/mol. The smallest absolute Gasteiger partial charge is 0.309 e. The van der Waals surface area contributed by atoms with Crippen LogP contribution in [0.4, 0.5) is 5.69 Å². The third-order valence-corrected chi connectivity index (χ3v) is 5.07. The van der Waals surface area contributed by atoms with Gasteiger partial charge in [-0.1, -0.05) is 13.0 Å². The minimum Gasteiger partial charge on any atom is -0.469 e. The van der Waals surface area contributed by atoms with Crippen LogP contribution >= 0.6 is 11.8 Å². The molecule has 7 nitrogen and oxygen atoms in total. The molecule has 9 heteroatoms. The van der Waals surface area contributed by atoms with E-state index in [-0.39, 0.29) is 15.5 Å². The van der Waals surface area contributed by atoms with Gasteiger partial charge in [-0.2, -0.15) is 0 Å². The summed E-state index contributed by atoms with van der Waals surface area (Å²) in [5.74, 6) is -0.633. The minimum absolute atomic E-state index is 0.207. The van der Waals surface area contributed by atoms with Crippen molar-refractivity contribution in [1.29, 1.82) is 0 Å². The van der Waals surface area contributed by atoms with Gasteiger partial charge in [0.2, 0.25) is 0 Å². The number of nitro benzene ring substituents is 1. The number of hydrogen-bond donors (Lipinski definition) is 0. The van der Waals surface area contributed by atoms with Gasteiger partial charge < -0.3 is 4.74 Å². The van der Waals surface area contributed by atoms with E-state index in [9.17, 15) is 23.3 Å². The van der Waals surface area contributed by atoms with E-state index in [0.717, 1.165) is 18.0 Å². The number of carbonyl (C=O) groups excluding carboxylic acids is 1. The van der Waals surface area contributed by atoms with Gasteiger partial charge >= 0.3 is 11.7 Å². The molecule has 0 aliphatic carbocycles. The maximum atomic E-state index is 11.6. The fourth-order valence-electron chi connectivity index (χ4n) is 1.58. The number of ether oxygens (including phenoxy) is 1. The third-order valence-electron chi connectivity index (χ3n) is 2.64. The van der Waals surface area contributed by atoms with Crippen molar-refractivity contribution in [1.82, 2.24) is 0 Å². The molecule has 0 fully saturated rings. The number of methoxy groups -OCH3 is 1. The number of nitrogens with zero attached hydrogens (tertiary/aromatic N) is 1. The zero-order valence-electron chi connectivity index (χ0n) is 11.7. The van der Waals surface area contributed by atoms with Crippen LogP contribution in [0.2, 0.25) is 0 Å². The summed E-state index contributed by atoms with van der Waals surface area (Å²) in [5.41, 5.74) is -0.456. The van der Waals surface area contributed by atoms with Crippen LogP contribution in [0.25, 0.3) is 0 Å². The molecule has 0 bridgehead atoms. The first kappa shape index (κ1) is 17.4. The van der Waals surface area contributed by atoms with Gasteiger partial charge in [-0.15, -0.1) is 11.8 Å². The van der Waals surface area contributed by atoms with Crippen LogP contribution in [0, 0.1) is 16.0 Å². The van der Waals surface area contributed by atoms with Crippen LogP contribution in [-0.2, 0) is 19.4 Å². The third kappa shape index (κ3) is 4.43. The van der Waals surface area contributed by atoms with Gasteiger partial charge in [0.25, 0.3) is 0 Å². The average molecular weight is 333 g/mol. The summed E-state index contributed by atoms with van der Waals surface area (Å²) in [5, 5.41) is 11.2. The van der Waals surface area contributed by atoms with Gasteiger partial charge in [0.15, 0.2) is 9.84 Å². The van der Waals surface area contributed by atoms with Crippen molar-refractivity contribution in [3.05, 3.63) is 28.3 Å². The standard InChI is InChI=1S/C12H15NO6S2/c1-8(12(14)19-2)7-20-9-5-4-6-10(21(3,17)18)11(9)13(15)16/h4-6,8H,7H2,1-3H3. The van der Waals surface area contributed by atoms with Gasteiger partial charge in [-0.25, -0.2) is 8.42 Å². The van der Waals surface area contributed by atoms with Crippen molar-refractivity contribution in [3.8, 4) is 0 Å². The van der Waals surface area contributed by atoms with Crippen LogP contribution in [-0.4, -0.2) is 38.4 Å². The molecule has 1 aromatic carbocycles. The Morgan fingerprint density at radius 3 is 2.57 bits per heavy atom. The summed E-state index contributed by atoms with van der Waals surface area (Å²) in [6.45, 7) is 1.63. The summed E-state index contributed by atoms with van der Waals surface area (Å²) >= 11 is 1.05. The lowest BCUT2D eigenvalue weighted by atomic mass is 10.2. The Morgan fingerprint density at radius 2 is 2.10 bits per heavy atom. The van der Waals surface area contributed by atoms with Crippen molar-refractivity contribution in [3.63, 3.8) is 0 Å². The van der Waals surface area contributed by atoms with Gasteiger partial charge in [-0.3, -0.25) is 14.9 Å². The molecule has 0 aliphatic heterocycles. The number of rotatable bonds is 6. The van der Waals surface area contributed by atoms with Crippen LogP contribution in [0.3, 0.4) is 0 Å². The topological polar surface area (TPSA) is 104 Å². The molecule has 0 aliphatic rings. The van der Waals surface area contributed by atoms with Crippen LogP contribution in [0.1, 0.15) is 6.92 Å². The van der Waals surface area contributed by atoms with Crippen molar-refractivity contribution >= 4 is 33.3 Å². The number of para-hydroxylation sites is 1. The van der Waals surface area contributed by atoms with E-state index in [1.165, 1.54) is 25.3 Å². The fourth-order valence-corrected chi connectivity index (χ4v) is 3.57. The Bertz CT molecular complexity index is 656. The highest BCUT2D eigenvalue weighted by Crippen LogP contribution is 2.35. The Hall–Kier alpha value is -1.61. The number of hydrogen-bond acceptors (Lipinski definition) is 7. The quantitative estimate of drug-likeness (QED) is 0.339. The molecule has 1 atom stereocenters. The molecular formula is C12H15NO6S2. The molecular weight excluding hydrogens is 318 g/mol. The second-order valence-electron chi connectivity index (χ2n) is 4.37. The molecule has 0 saturated carbocycles. The van der Waals surface area contributed by atoms with Crippen molar-refractivity contribution < 1.29 is 22.9 Å². The van der Waals surface area contributed by atoms with Crippen molar-refractivity contribution in [2.24, 2.45) is 5.92 Å². The normalized spacial score (nSPS) is 12.7. The molecule has 1 rings (SSSR count). The lowest BCUT2D eigenvalue weighted by Crippen LogP contribution is -2.15. The summed E-state index contributed by atoms with van der Waals surface area (Å²) in [4.78, 5) is 21.6. The monoisotopic (exact) mass is 333 g/mol. The molecule has 0 amide bonds. The summed E-state index contributed by atoms with van der Waals surface area (Å²) in [6.07, 6.45) is 0.918. The van der Waals surface area contributed by atoms with E-state index in [1.54, 1.807) is 6.92 Å². The van der Waals surface area contributed by atoms with Crippen LogP contribution < -0.4 is 0 Å². The average Bonchev–Trinajstić information content (AvgIpc) is 2.42. The zero-order chi connectivity index (χ0) is 16.2. The van der Waals surface area contributed by atoms with E-state index in [2.05, 4.69) is 4.74 Å². The molecule has 0 radical (unpaired) electrons. The Labute approximate surface area is 126 Å². The summed E-state index contributed by atoms with van der Waals surface area (Å²) in [6, 6.07) is 4.09. The van der Waals surface area contributed by atoms with Crippen molar-refractivity contribution in [2.75, 3.05) is 19.1 Å². The van der Waals surface area contributed by atoms with Crippen LogP contribution in [0.15, 0.2) is 28.0 Å². The molecule has 0 heterocycles. The van der Waals surface area contributed by atoms with E-state index < -0.39 is 32.3 Å². The largest absolute Gasteiger partial charge is 0.469 e. The molecule has 0 spiro atoms. The minimum atomic E-state index is -3.71. The second-order valence-corrected chi connectivity index (χ2v) is 7.41. The van der Waals surface area contributed by atoms with Gasteiger partial charge in [0.05, 0.1) is 22.8 Å². The van der Waals surface area contributed by atoms with E-state index in [4.69, 9.17) is 0 Å². The van der Waals surface area contributed by atoms with Gasteiger partial charge in [0, 0.05) is 12.0 Å². The Balaban J connectivity index is 3.14. The predicted octanol–water partition coefficient (Wildman–Crippen LogP) is 1.90. The second kappa shape index (κ2) is 6.90. The number of thioether (sulfide) groups is 1. The Kier molecular flexibility index (Phi) is 5.73.